The van der Waals surface area contributed by atoms with Crippen molar-refractivity contribution in [2.24, 2.45) is 4.99 Å². The van der Waals surface area contributed by atoms with E-state index in [1.165, 1.54) is 0 Å². The van der Waals surface area contributed by atoms with Gasteiger partial charge in [0, 0.05) is 6.54 Å². The van der Waals surface area contributed by atoms with Crippen LogP contribution in [0.2, 0.25) is 0 Å². The van der Waals surface area contributed by atoms with Crippen LogP contribution in [-0.4, -0.2) is 20.9 Å². The number of sulfonamides is 1. The molecule has 98 valence electrons. The van der Waals surface area contributed by atoms with Crippen LogP contribution < -0.4 is 10.0 Å². The van der Waals surface area contributed by atoms with Crippen LogP contribution in [0.4, 0.5) is 5.69 Å². The molecule has 0 aliphatic carbocycles. The number of rotatable bonds is 2. The van der Waals surface area contributed by atoms with Gasteiger partial charge in [-0.15, -0.1) is 0 Å². The first-order valence-electron chi connectivity index (χ1n) is 5.92. The van der Waals surface area contributed by atoms with Crippen LogP contribution in [0.5, 0.6) is 0 Å². The molecule has 1 aliphatic rings. The number of hydrogen-bond donors (Lipinski definition) is 2. The Hall–Kier alpha value is -1.56. The summed E-state index contributed by atoms with van der Waals surface area (Å²) < 4.78 is 26.6. The topological polar surface area (TPSA) is 70.6 Å². The van der Waals surface area contributed by atoms with Gasteiger partial charge in [0.05, 0.1) is 5.69 Å². The third kappa shape index (κ3) is 2.33. The fraction of sp³-hybridized carbons (Fsp3) is 0.417. The number of hydrogen-bond acceptors (Lipinski definition) is 3. The highest BCUT2D eigenvalue weighted by atomic mass is 32.2. The number of guanidine groups is 1. The number of aliphatic imine (C=N–C) groups is 1. The second-order valence-electron chi connectivity index (χ2n) is 4.46. The van der Waals surface area contributed by atoms with Gasteiger partial charge in [0.1, 0.15) is 4.90 Å². The molecule has 1 aromatic carbocycles. The van der Waals surface area contributed by atoms with Gasteiger partial charge < -0.3 is 5.32 Å². The molecule has 0 saturated carbocycles. The molecule has 1 aromatic rings. The number of benzene rings is 1. The SMILES string of the molecule is CCN=C1Nc2ccc(C(C)C)cc2S(=O)(=O)N1. The van der Waals surface area contributed by atoms with Gasteiger partial charge in [-0.1, -0.05) is 19.9 Å². The maximum atomic E-state index is 12.1. The van der Waals surface area contributed by atoms with Crippen molar-refractivity contribution in [3.63, 3.8) is 0 Å². The van der Waals surface area contributed by atoms with Crippen LogP contribution in [0.3, 0.4) is 0 Å². The predicted octanol–water partition coefficient (Wildman–Crippen LogP) is 1.89. The van der Waals surface area contributed by atoms with Gasteiger partial charge in [-0.05, 0) is 30.5 Å². The standard InChI is InChI=1S/C12H17N3O2S/c1-4-13-12-14-10-6-5-9(8(2)3)7-11(10)18(16,17)15-12/h5-8H,4H2,1-3H3,(H2,13,14,15). The lowest BCUT2D eigenvalue weighted by atomic mass is 10.0. The van der Waals surface area contributed by atoms with Crippen LogP contribution in [0.15, 0.2) is 28.1 Å². The summed E-state index contributed by atoms with van der Waals surface area (Å²) in [4.78, 5) is 4.33. The second-order valence-corrected chi connectivity index (χ2v) is 6.11. The van der Waals surface area contributed by atoms with Gasteiger partial charge in [0.15, 0.2) is 0 Å². The Labute approximate surface area is 107 Å². The molecule has 0 unspecified atom stereocenters. The highest BCUT2D eigenvalue weighted by molar-refractivity contribution is 7.90. The van der Waals surface area contributed by atoms with E-state index in [0.717, 1.165) is 5.56 Å². The Morgan fingerprint density at radius 2 is 2.06 bits per heavy atom. The summed E-state index contributed by atoms with van der Waals surface area (Å²) in [7, 11) is -3.51. The molecule has 18 heavy (non-hydrogen) atoms. The van der Waals surface area contributed by atoms with Crippen molar-refractivity contribution in [3.8, 4) is 0 Å². The van der Waals surface area contributed by atoms with E-state index < -0.39 is 10.0 Å². The predicted molar refractivity (Wildman–Crippen MR) is 72.5 cm³/mol. The molecular formula is C12H17N3O2S. The fourth-order valence-corrected chi connectivity index (χ4v) is 2.97. The average molecular weight is 267 g/mol. The highest BCUT2D eigenvalue weighted by Crippen LogP contribution is 2.28. The average Bonchev–Trinajstić information content (AvgIpc) is 2.28. The van der Waals surface area contributed by atoms with Crippen LogP contribution in [0.1, 0.15) is 32.3 Å². The summed E-state index contributed by atoms with van der Waals surface area (Å²) >= 11 is 0. The molecule has 0 radical (unpaired) electrons. The summed E-state index contributed by atoms with van der Waals surface area (Å²) in [6, 6.07) is 5.42. The van der Waals surface area contributed by atoms with Crippen LogP contribution >= 0.6 is 0 Å². The Morgan fingerprint density at radius 1 is 1.33 bits per heavy atom. The van der Waals surface area contributed by atoms with Gasteiger partial charge in [-0.25, -0.2) is 13.1 Å². The lowest BCUT2D eigenvalue weighted by Gasteiger charge is -2.22. The normalized spacial score (nSPS) is 19.2. The Balaban J connectivity index is 2.53. The van der Waals surface area contributed by atoms with E-state index in [1.54, 1.807) is 12.1 Å². The minimum absolute atomic E-state index is 0.280. The molecule has 0 aromatic heterocycles. The molecule has 0 amide bonds. The fourth-order valence-electron chi connectivity index (χ4n) is 1.79. The van der Waals surface area contributed by atoms with Gasteiger partial charge in [0.25, 0.3) is 10.0 Å². The molecule has 1 aliphatic heterocycles. The van der Waals surface area contributed by atoms with E-state index in [0.29, 0.717) is 12.2 Å². The van der Waals surface area contributed by atoms with Gasteiger partial charge in [0.2, 0.25) is 5.96 Å². The van der Waals surface area contributed by atoms with E-state index in [-0.39, 0.29) is 16.8 Å². The minimum Gasteiger partial charge on any atom is -0.324 e. The molecule has 0 atom stereocenters. The molecule has 0 fully saturated rings. The lowest BCUT2D eigenvalue weighted by Crippen LogP contribution is -2.40. The summed E-state index contributed by atoms with van der Waals surface area (Å²) in [6.45, 7) is 6.43. The molecule has 6 heteroatoms. The van der Waals surface area contributed by atoms with Crippen molar-refractivity contribution < 1.29 is 8.42 Å². The first-order valence-corrected chi connectivity index (χ1v) is 7.40. The maximum absolute atomic E-state index is 12.1. The Kier molecular flexibility index (Phi) is 3.30. The Bertz CT molecular complexity index is 591. The summed E-state index contributed by atoms with van der Waals surface area (Å²) in [5.74, 6) is 0.568. The third-order valence-electron chi connectivity index (χ3n) is 2.76. The highest BCUT2D eigenvalue weighted by Gasteiger charge is 2.26. The van der Waals surface area contributed by atoms with Crippen LogP contribution in [0.25, 0.3) is 0 Å². The molecular weight excluding hydrogens is 250 g/mol. The molecule has 0 bridgehead atoms. The Morgan fingerprint density at radius 3 is 2.67 bits per heavy atom. The zero-order chi connectivity index (χ0) is 13.3. The molecule has 1 heterocycles. The zero-order valence-corrected chi connectivity index (χ0v) is 11.5. The van der Waals surface area contributed by atoms with Crippen molar-refractivity contribution >= 4 is 21.7 Å². The summed E-state index contributed by atoms with van der Waals surface area (Å²) in [5.41, 5.74) is 1.57. The molecule has 2 rings (SSSR count). The van der Waals surface area contributed by atoms with E-state index in [1.807, 2.05) is 26.8 Å². The zero-order valence-electron chi connectivity index (χ0n) is 10.7. The van der Waals surface area contributed by atoms with Gasteiger partial charge >= 0.3 is 0 Å². The largest absolute Gasteiger partial charge is 0.324 e. The van der Waals surface area contributed by atoms with E-state index in [2.05, 4.69) is 15.0 Å². The lowest BCUT2D eigenvalue weighted by molar-refractivity contribution is 0.591. The van der Waals surface area contributed by atoms with Crippen molar-refractivity contribution in [1.29, 1.82) is 0 Å². The van der Waals surface area contributed by atoms with Crippen molar-refractivity contribution in [1.82, 2.24) is 4.72 Å². The van der Waals surface area contributed by atoms with Crippen molar-refractivity contribution in [3.05, 3.63) is 23.8 Å². The van der Waals surface area contributed by atoms with E-state index in [9.17, 15) is 8.42 Å². The third-order valence-corrected chi connectivity index (χ3v) is 4.14. The van der Waals surface area contributed by atoms with E-state index in [4.69, 9.17) is 0 Å². The molecule has 0 saturated heterocycles. The quantitative estimate of drug-likeness (QED) is 0.859. The van der Waals surface area contributed by atoms with Crippen LogP contribution in [-0.2, 0) is 10.0 Å². The summed E-state index contributed by atoms with van der Waals surface area (Å²) in [5, 5.41) is 2.98. The molecule has 5 nitrogen and oxygen atoms in total. The second kappa shape index (κ2) is 4.61. The van der Waals surface area contributed by atoms with E-state index >= 15 is 0 Å². The van der Waals surface area contributed by atoms with Gasteiger partial charge in [-0.2, -0.15) is 0 Å². The number of anilines is 1. The van der Waals surface area contributed by atoms with Crippen molar-refractivity contribution in [2.75, 3.05) is 11.9 Å². The monoisotopic (exact) mass is 267 g/mol. The minimum atomic E-state index is -3.51. The number of nitrogens with one attached hydrogen (secondary N) is 2. The van der Waals surface area contributed by atoms with Crippen molar-refractivity contribution in [2.45, 2.75) is 31.6 Å². The molecule has 2 N–H and O–H groups in total. The first-order chi connectivity index (χ1) is 8.44. The first kappa shape index (κ1) is 12.9. The summed E-state index contributed by atoms with van der Waals surface area (Å²) in [6.07, 6.45) is 0. The maximum Gasteiger partial charge on any atom is 0.266 e. The molecule has 0 spiro atoms. The number of nitrogens with zero attached hydrogens (tertiary/aromatic N) is 1. The number of fused-ring (bicyclic) bond motifs is 1. The van der Waals surface area contributed by atoms with Crippen LogP contribution in [0, 0.1) is 0 Å². The smallest absolute Gasteiger partial charge is 0.266 e. The van der Waals surface area contributed by atoms with Gasteiger partial charge in [-0.3, -0.25) is 4.99 Å².